The van der Waals surface area contributed by atoms with Gasteiger partial charge in [-0.2, -0.15) is 0 Å². The molecule has 13 atom stereocenters. The third-order valence-corrected chi connectivity index (χ3v) is 16.3. The lowest BCUT2D eigenvalue weighted by Gasteiger charge is -2.62. The van der Waals surface area contributed by atoms with Gasteiger partial charge in [-0.15, -0.1) is 0 Å². The minimum absolute atomic E-state index is 0.0364. The van der Waals surface area contributed by atoms with Crippen molar-refractivity contribution in [3.63, 3.8) is 0 Å². The molecule has 0 aliphatic heterocycles. The van der Waals surface area contributed by atoms with Crippen molar-refractivity contribution in [1.82, 2.24) is 21.3 Å². The molecular weight excluding hydrogens is 685 g/mol. The fourth-order valence-corrected chi connectivity index (χ4v) is 13.1. The molecule has 8 nitrogen and oxygen atoms in total. The molecule has 320 valence electrons. The lowest BCUT2D eigenvalue weighted by Crippen LogP contribution is -2.59. The molecule has 0 spiro atoms. The highest BCUT2D eigenvalue weighted by Crippen LogP contribution is 2.68. The van der Waals surface area contributed by atoms with E-state index < -0.39 is 0 Å². The first-order chi connectivity index (χ1) is 26.5. The summed E-state index contributed by atoms with van der Waals surface area (Å²) in [6.07, 6.45) is 22.4. The third kappa shape index (κ3) is 11.5. The van der Waals surface area contributed by atoms with E-state index in [9.17, 15) is 5.11 Å². The Balaban J connectivity index is 0.889. The maximum absolute atomic E-state index is 11.9. The molecule has 0 heterocycles. The van der Waals surface area contributed by atoms with Gasteiger partial charge >= 0.3 is 0 Å². The Bertz CT molecular complexity index is 1140. The van der Waals surface area contributed by atoms with Gasteiger partial charge in [-0.3, -0.25) is 0 Å². The van der Waals surface area contributed by atoms with Gasteiger partial charge in [0.25, 0.3) is 0 Å². The molecule has 0 aromatic rings. The smallest absolute Gasteiger partial charge is 0.105 e. The van der Waals surface area contributed by atoms with Crippen molar-refractivity contribution in [3.8, 4) is 0 Å². The number of aliphatic hydroxyl groups is 1. The van der Waals surface area contributed by atoms with Crippen LogP contribution in [0.4, 0.5) is 0 Å². The molecule has 8 heteroatoms. The number of ether oxygens (including phenoxy) is 3. The van der Waals surface area contributed by atoms with Crippen molar-refractivity contribution in [2.24, 2.45) is 58.2 Å². The van der Waals surface area contributed by atoms with E-state index in [1.165, 1.54) is 83.5 Å². The van der Waals surface area contributed by atoms with Gasteiger partial charge in [0.1, 0.15) is 6.10 Å². The van der Waals surface area contributed by atoms with E-state index in [-0.39, 0.29) is 18.3 Å². The summed E-state index contributed by atoms with van der Waals surface area (Å²) in [5.74, 6) is 6.51. The molecule has 4 fully saturated rings. The van der Waals surface area contributed by atoms with Gasteiger partial charge in [0.05, 0.1) is 25.1 Å². The van der Waals surface area contributed by atoms with E-state index in [0.717, 1.165) is 100 Å². The van der Waals surface area contributed by atoms with Crippen LogP contribution in [0.15, 0.2) is 11.8 Å². The van der Waals surface area contributed by atoms with Crippen molar-refractivity contribution in [3.05, 3.63) is 11.8 Å². The Morgan fingerprint density at radius 1 is 0.727 bits per heavy atom. The summed E-state index contributed by atoms with van der Waals surface area (Å²) in [6.45, 7) is 20.0. The van der Waals surface area contributed by atoms with Crippen LogP contribution in [0.5, 0.6) is 0 Å². The first kappa shape index (κ1) is 45.3. The summed E-state index contributed by atoms with van der Waals surface area (Å²) >= 11 is 0. The van der Waals surface area contributed by atoms with E-state index >= 15 is 0 Å². The predicted molar refractivity (Wildman–Crippen MR) is 228 cm³/mol. The van der Waals surface area contributed by atoms with Gasteiger partial charge in [-0.05, 0) is 181 Å². The Morgan fingerprint density at radius 2 is 1.40 bits per heavy atom. The number of aliphatic hydroxyl groups excluding tert-OH is 1. The topological polar surface area (TPSA) is 96.0 Å². The van der Waals surface area contributed by atoms with Crippen molar-refractivity contribution >= 4 is 0 Å². The molecule has 5 aliphatic rings. The minimum Gasteiger partial charge on any atom is -0.501 e. The van der Waals surface area contributed by atoms with Gasteiger partial charge in [-0.25, -0.2) is 0 Å². The molecule has 5 rings (SSSR count). The Kier molecular flexibility index (Phi) is 18.2. The second kappa shape index (κ2) is 22.0. The first-order valence-electron chi connectivity index (χ1n) is 23.4. The van der Waals surface area contributed by atoms with E-state index in [2.05, 4.69) is 62.0 Å². The lowest BCUT2D eigenvalue weighted by molar-refractivity contribution is -0.167. The number of unbranched alkanes of at least 4 members (excludes halogenated alkanes) is 1. The van der Waals surface area contributed by atoms with E-state index in [0.29, 0.717) is 34.6 Å². The second-order valence-electron chi connectivity index (χ2n) is 20.1. The highest BCUT2D eigenvalue weighted by atomic mass is 16.5. The first-order valence-corrected chi connectivity index (χ1v) is 23.4. The zero-order valence-corrected chi connectivity index (χ0v) is 36.9. The van der Waals surface area contributed by atoms with E-state index in [1.54, 1.807) is 21.3 Å². The van der Waals surface area contributed by atoms with Crippen LogP contribution in [0.2, 0.25) is 0 Å². The predicted octanol–water partition coefficient (Wildman–Crippen LogP) is 7.95. The molecule has 4 saturated carbocycles. The molecule has 12 unspecified atom stereocenters. The highest BCUT2D eigenvalue weighted by molar-refractivity contribution is 5.13. The normalized spacial score (nSPS) is 38.0. The molecule has 0 aromatic heterocycles. The van der Waals surface area contributed by atoms with Gasteiger partial charge in [0.2, 0.25) is 0 Å². The number of methoxy groups -OCH3 is 3. The zero-order valence-electron chi connectivity index (χ0n) is 36.9. The van der Waals surface area contributed by atoms with Crippen LogP contribution in [0.3, 0.4) is 0 Å². The van der Waals surface area contributed by atoms with Crippen LogP contribution < -0.4 is 21.3 Å². The largest absolute Gasteiger partial charge is 0.501 e. The highest BCUT2D eigenvalue weighted by Gasteiger charge is 2.62. The van der Waals surface area contributed by atoms with Crippen LogP contribution in [0.1, 0.15) is 137 Å². The molecule has 5 aliphatic carbocycles. The van der Waals surface area contributed by atoms with Crippen molar-refractivity contribution in [2.45, 2.75) is 162 Å². The molecule has 0 aromatic carbocycles. The monoisotopic (exact) mass is 773 g/mol. The average molecular weight is 773 g/mol. The SMILES string of the molecule is COC1=CC(OC)C(OC)C[C@H]1CNCCCNCCCCNCCCNC1CCC2(C)C(C1)CC(O)C1C2CCC2(C)C(C(C)CCCC(C)C)CCC12. The molecule has 55 heavy (non-hydrogen) atoms. The standard InChI is InChI=1S/C47H88N4O4/c1-33(2)14-11-15-34(3)38-16-17-39-45-40(19-21-47(38,39)5)46(4)20-18-37(29-36(46)30-41(45)52)51-27-13-25-49-23-10-9-22-48-24-12-26-50-32-35-28-43(54-7)44(55-8)31-42(35)53-6/h31,33-41,43-45,48-52H,9-30,32H2,1-8H3/t34?,35-,36?,37?,38?,39?,40?,41?,43?,44?,45?,46?,47?/m0/s1. The Hall–Kier alpha value is -0.740. The molecule has 0 amide bonds. The van der Waals surface area contributed by atoms with Gasteiger partial charge in [0.15, 0.2) is 0 Å². The van der Waals surface area contributed by atoms with Crippen LogP contribution in [-0.4, -0.2) is 96.6 Å². The maximum Gasteiger partial charge on any atom is 0.105 e. The molecular formula is C47H88N4O4. The summed E-state index contributed by atoms with van der Waals surface area (Å²) in [6, 6.07) is 0.623. The number of rotatable bonds is 24. The van der Waals surface area contributed by atoms with Crippen LogP contribution in [0.25, 0.3) is 0 Å². The van der Waals surface area contributed by atoms with Crippen LogP contribution in [0, 0.1) is 58.2 Å². The van der Waals surface area contributed by atoms with Gasteiger partial charge < -0.3 is 40.6 Å². The summed E-state index contributed by atoms with van der Waals surface area (Å²) in [7, 11) is 5.24. The maximum atomic E-state index is 11.9. The molecule has 0 saturated heterocycles. The number of nitrogens with one attached hydrogen (secondary N) is 4. The van der Waals surface area contributed by atoms with Gasteiger partial charge in [-0.1, -0.05) is 53.9 Å². The molecule has 0 bridgehead atoms. The van der Waals surface area contributed by atoms with Gasteiger partial charge in [0, 0.05) is 32.7 Å². The number of fused-ring (bicyclic) bond motifs is 5. The Morgan fingerprint density at radius 3 is 2.09 bits per heavy atom. The zero-order chi connectivity index (χ0) is 39.4. The minimum atomic E-state index is -0.0904. The van der Waals surface area contributed by atoms with E-state index in [1.807, 2.05) is 0 Å². The molecule has 0 radical (unpaired) electrons. The van der Waals surface area contributed by atoms with E-state index in [4.69, 9.17) is 14.2 Å². The summed E-state index contributed by atoms with van der Waals surface area (Å²) in [5.41, 5.74) is 0.862. The van der Waals surface area contributed by atoms with Crippen LogP contribution in [-0.2, 0) is 14.2 Å². The fraction of sp³-hybridized carbons (Fsp3) is 0.957. The van der Waals surface area contributed by atoms with Crippen molar-refractivity contribution in [2.75, 3.05) is 67.1 Å². The summed E-state index contributed by atoms with van der Waals surface area (Å²) in [4.78, 5) is 0. The molecule has 5 N–H and O–H groups in total. The second-order valence-corrected chi connectivity index (χ2v) is 20.1. The quantitative estimate of drug-likeness (QED) is 0.0632. The average Bonchev–Trinajstić information content (AvgIpc) is 3.53. The van der Waals surface area contributed by atoms with Crippen molar-refractivity contribution < 1.29 is 19.3 Å². The van der Waals surface area contributed by atoms with Crippen LogP contribution >= 0.6 is 0 Å². The summed E-state index contributed by atoms with van der Waals surface area (Å²) < 4.78 is 16.8. The number of hydrogen-bond donors (Lipinski definition) is 5. The number of hydrogen-bond acceptors (Lipinski definition) is 8. The lowest BCUT2D eigenvalue weighted by atomic mass is 9.43. The summed E-state index contributed by atoms with van der Waals surface area (Å²) in [5, 5.41) is 26.8. The Labute approximate surface area is 338 Å². The van der Waals surface area contributed by atoms with Crippen molar-refractivity contribution in [1.29, 1.82) is 0 Å². The third-order valence-electron chi connectivity index (χ3n) is 16.3. The fourth-order valence-electron chi connectivity index (χ4n) is 13.1.